The molecule has 1 atom stereocenters. The van der Waals surface area contributed by atoms with E-state index in [9.17, 15) is 13.7 Å². The zero-order valence-electron chi connectivity index (χ0n) is 11.3. The number of nitrogens with zero attached hydrogens (tertiary/aromatic N) is 2. The number of halogens is 1. The summed E-state index contributed by atoms with van der Waals surface area (Å²) in [6, 6.07) is 7.89. The van der Waals surface area contributed by atoms with E-state index in [4.69, 9.17) is 0 Å². The molecule has 0 saturated carbocycles. The van der Waals surface area contributed by atoms with E-state index in [1.165, 1.54) is 6.26 Å². The molecule has 0 aromatic heterocycles. The first-order valence-electron chi connectivity index (χ1n) is 6.56. The Balaban J connectivity index is 2.24. The van der Waals surface area contributed by atoms with Gasteiger partial charge in [-0.25, -0.2) is 8.42 Å². The van der Waals surface area contributed by atoms with Gasteiger partial charge in [0.15, 0.2) is 0 Å². The Hall–Kier alpha value is -1.06. The Kier molecular flexibility index (Phi) is 4.71. The van der Waals surface area contributed by atoms with E-state index in [0.717, 1.165) is 23.1 Å². The van der Waals surface area contributed by atoms with Gasteiger partial charge in [0.05, 0.1) is 16.5 Å². The molecule has 0 amide bonds. The van der Waals surface area contributed by atoms with E-state index in [2.05, 4.69) is 26.9 Å². The van der Waals surface area contributed by atoms with Crippen molar-refractivity contribution in [1.82, 2.24) is 0 Å². The minimum absolute atomic E-state index is 0.259. The van der Waals surface area contributed by atoms with Gasteiger partial charge in [-0.15, -0.1) is 0 Å². The second-order valence-electron chi connectivity index (χ2n) is 5.12. The van der Waals surface area contributed by atoms with E-state index in [-0.39, 0.29) is 5.25 Å². The lowest BCUT2D eigenvalue weighted by atomic mass is 10.1. The molecule has 0 spiro atoms. The number of hydrogen-bond acceptors (Lipinski definition) is 4. The minimum atomic E-state index is -2.98. The van der Waals surface area contributed by atoms with Crippen molar-refractivity contribution in [2.75, 3.05) is 24.2 Å². The van der Waals surface area contributed by atoms with Crippen LogP contribution in [0.3, 0.4) is 0 Å². The minimum Gasteiger partial charge on any atom is -0.370 e. The fourth-order valence-electron chi connectivity index (χ4n) is 2.62. The third-order valence-corrected chi connectivity index (χ3v) is 6.07. The van der Waals surface area contributed by atoms with Gasteiger partial charge in [0.25, 0.3) is 0 Å². The molecule has 6 heteroatoms. The lowest BCUT2D eigenvalue weighted by Gasteiger charge is -2.24. The van der Waals surface area contributed by atoms with Crippen molar-refractivity contribution < 1.29 is 8.42 Å². The van der Waals surface area contributed by atoms with Gasteiger partial charge in [-0.05, 0) is 47.3 Å². The van der Waals surface area contributed by atoms with Crippen molar-refractivity contribution in [2.45, 2.75) is 24.5 Å². The zero-order valence-corrected chi connectivity index (χ0v) is 13.7. The summed E-state index contributed by atoms with van der Waals surface area (Å²) < 4.78 is 24.1. The van der Waals surface area contributed by atoms with Crippen LogP contribution in [0.2, 0.25) is 0 Å². The normalized spacial score (nSPS) is 20.2. The highest BCUT2D eigenvalue weighted by Gasteiger charge is 2.25. The fraction of sp³-hybridized carbons (Fsp3) is 0.500. The molecule has 20 heavy (non-hydrogen) atoms. The number of nitriles is 1. The van der Waals surface area contributed by atoms with Crippen LogP contribution in [-0.4, -0.2) is 33.0 Å². The van der Waals surface area contributed by atoms with Crippen molar-refractivity contribution in [3.8, 4) is 6.07 Å². The first-order chi connectivity index (χ1) is 9.43. The largest absolute Gasteiger partial charge is 0.370 e. The lowest BCUT2D eigenvalue weighted by molar-refractivity contribution is 0.573. The Bertz CT molecular complexity index is 637. The summed E-state index contributed by atoms with van der Waals surface area (Å²) >= 11 is 3.39. The summed E-state index contributed by atoms with van der Waals surface area (Å²) in [5.41, 5.74) is 1.50. The van der Waals surface area contributed by atoms with E-state index in [1.807, 2.05) is 18.2 Å². The molecular formula is C14H17BrN2O2S. The van der Waals surface area contributed by atoms with E-state index in [0.29, 0.717) is 24.9 Å². The second kappa shape index (κ2) is 6.15. The standard InChI is InChI=1S/C14H17BrN2O2S/c1-20(18,19)11-4-3-8-17(9-7-11)14-6-2-5-13(15)12(14)10-16/h2,5-6,11H,3-4,7-9H2,1H3/t11-/m0/s1. The Morgan fingerprint density at radius 2 is 2.10 bits per heavy atom. The predicted octanol–water partition coefficient (Wildman–Crippen LogP) is 2.72. The zero-order chi connectivity index (χ0) is 14.8. The van der Waals surface area contributed by atoms with Gasteiger partial charge in [-0.1, -0.05) is 6.07 Å². The van der Waals surface area contributed by atoms with Crippen molar-refractivity contribution in [2.24, 2.45) is 0 Å². The summed E-state index contributed by atoms with van der Waals surface area (Å²) in [6.07, 6.45) is 3.46. The summed E-state index contributed by atoms with van der Waals surface area (Å²) in [4.78, 5) is 2.12. The topological polar surface area (TPSA) is 61.2 Å². The highest BCUT2D eigenvalue weighted by atomic mass is 79.9. The number of sulfone groups is 1. The molecule has 0 bridgehead atoms. The third-order valence-electron chi connectivity index (χ3n) is 3.72. The van der Waals surface area contributed by atoms with Gasteiger partial charge < -0.3 is 4.90 Å². The van der Waals surface area contributed by atoms with Crippen molar-refractivity contribution >= 4 is 31.5 Å². The average Bonchev–Trinajstić information content (AvgIpc) is 2.63. The number of anilines is 1. The van der Waals surface area contributed by atoms with Crippen LogP contribution in [0.25, 0.3) is 0 Å². The summed E-state index contributed by atoms with van der Waals surface area (Å²) in [5.74, 6) is 0. The monoisotopic (exact) mass is 356 g/mol. The van der Waals surface area contributed by atoms with Gasteiger partial charge >= 0.3 is 0 Å². The van der Waals surface area contributed by atoms with Crippen molar-refractivity contribution in [3.63, 3.8) is 0 Å². The van der Waals surface area contributed by atoms with Gasteiger partial charge in [-0.3, -0.25) is 0 Å². The van der Waals surface area contributed by atoms with Crippen LogP contribution in [0.1, 0.15) is 24.8 Å². The molecule has 2 rings (SSSR count). The Morgan fingerprint density at radius 3 is 2.75 bits per heavy atom. The number of rotatable bonds is 2. The smallest absolute Gasteiger partial charge is 0.150 e. The Labute approximate surface area is 128 Å². The van der Waals surface area contributed by atoms with Crippen LogP contribution in [0, 0.1) is 11.3 Å². The molecule has 1 aromatic carbocycles. The van der Waals surface area contributed by atoms with Crippen LogP contribution in [0.5, 0.6) is 0 Å². The molecule has 0 N–H and O–H groups in total. The quantitative estimate of drug-likeness (QED) is 0.817. The van der Waals surface area contributed by atoms with Crippen LogP contribution >= 0.6 is 15.9 Å². The predicted molar refractivity (Wildman–Crippen MR) is 83.6 cm³/mol. The highest BCUT2D eigenvalue weighted by molar-refractivity contribution is 9.10. The van der Waals surface area contributed by atoms with Gasteiger partial charge in [0, 0.05) is 23.8 Å². The molecule has 1 aromatic rings. The lowest BCUT2D eigenvalue weighted by Crippen LogP contribution is -2.26. The van der Waals surface area contributed by atoms with Gasteiger partial charge in [-0.2, -0.15) is 5.26 Å². The fourth-order valence-corrected chi connectivity index (χ4v) is 4.19. The molecule has 0 aliphatic carbocycles. The first kappa shape index (κ1) is 15.3. The van der Waals surface area contributed by atoms with Crippen LogP contribution in [-0.2, 0) is 9.84 Å². The van der Waals surface area contributed by atoms with Crippen LogP contribution in [0.4, 0.5) is 5.69 Å². The first-order valence-corrected chi connectivity index (χ1v) is 9.30. The van der Waals surface area contributed by atoms with Crippen molar-refractivity contribution in [3.05, 3.63) is 28.2 Å². The Morgan fingerprint density at radius 1 is 1.35 bits per heavy atom. The second-order valence-corrected chi connectivity index (χ2v) is 8.30. The summed E-state index contributed by atoms with van der Waals surface area (Å²) in [7, 11) is -2.98. The van der Waals surface area contributed by atoms with Crippen LogP contribution in [0.15, 0.2) is 22.7 Å². The molecule has 1 heterocycles. The maximum atomic E-state index is 11.7. The summed E-state index contributed by atoms with van der Waals surface area (Å²) in [5, 5.41) is 9.02. The molecular weight excluding hydrogens is 340 g/mol. The number of benzene rings is 1. The highest BCUT2D eigenvalue weighted by Crippen LogP contribution is 2.29. The van der Waals surface area contributed by atoms with Crippen molar-refractivity contribution in [1.29, 1.82) is 5.26 Å². The van der Waals surface area contributed by atoms with Gasteiger partial charge in [0.1, 0.15) is 15.9 Å². The van der Waals surface area contributed by atoms with Gasteiger partial charge in [0.2, 0.25) is 0 Å². The third kappa shape index (κ3) is 3.33. The summed E-state index contributed by atoms with van der Waals surface area (Å²) in [6.45, 7) is 1.46. The maximum Gasteiger partial charge on any atom is 0.150 e. The molecule has 1 fully saturated rings. The molecule has 1 aliphatic rings. The van der Waals surface area contributed by atoms with E-state index < -0.39 is 9.84 Å². The molecule has 1 aliphatic heterocycles. The van der Waals surface area contributed by atoms with E-state index in [1.54, 1.807) is 0 Å². The maximum absolute atomic E-state index is 11.7. The number of hydrogen-bond donors (Lipinski definition) is 0. The molecule has 1 saturated heterocycles. The molecule has 0 unspecified atom stereocenters. The van der Waals surface area contributed by atoms with Crippen LogP contribution < -0.4 is 4.90 Å². The SMILES string of the molecule is CS(=O)(=O)[C@H]1CCCN(c2cccc(Br)c2C#N)CC1. The average molecular weight is 357 g/mol. The molecule has 0 radical (unpaired) electrons. The molecule has 4 nitrogen and oxygen atoms in total. The molecule has 108 valence electrons. The van der Waals surface area contributed by atoms with E-state index >= 15 is 0 Å².